The lowest BCUT2D eigenvalue weighted by Gasteiger charge is -2.28. The summed E-state index contributed by atoms with van der Waals surface area (Å²) < 4.78 is 0. The van der Waals surface area contributed by atoms with E-state index in [1.165, 1.54) is 11.1 Å². The molecule has 0 radical (unpaired) electrons. The largest absolute Gasteiger partial charge is 0.384 e. The van der Waals surface area contributed by atoms with E-state index in [0.29, 0.717) is 31.0 Å². The second kappa shape index (κ2) is 9.96. The van der Waals surface area contributed by atoms with Crippen LogP contribution in [0.4, 0.5) is 0 Å². The quantitative estimate of drug-likeness (QED) is 0.375. The number of hydrogen-bond donors (Lipinski definition) is 4. The van der Waals surface area contributed by atoms with Gasteiger partial charge in [0.15, 0.2) is 0 Å². The second-order valence-corrected chi connectivity index (χ2v) is 8.88. The number of amidine groups is 1. The third-order valence-corrected chi connectivity index (χ3v) is 6.33. The molecule has 1 saturated heterocycles. The summed E-state index contributed by atoms with van der Waals surface area (Å²) in [6, 6.07) is 14.7. The van der Waals surface area contributed by atoms with Gasteiger partial charge in [-0.3, -0.25) is 19.9 Å². The minimum absolute atomic E-state index is 0.00854. The van der Waals surface area contributed by atoms with Crippen LogP contribution in [-0.2, 0) is 16.1 Å². The van der Waals surface area contributed by atoms with Gasteiger partial charge in [0.05, 0.1) is 12.1 Å². The number of nitrogens with one attached hydrogen (secondary N) is 2. The Hall–Kier alpha value is -3.19. The first-order valence-corrected chi connectivity index (χ1v) is 11.0. The average molecular weight is 436 g/mol. The Morgan fingerprint density at radius 1 is 1.12 bits per heavy atom. The van der Waals surface area contributed by atoms with E-state index in [2.05, 4.69) is 43.4 Å². The van der Waals surface area contributed by atoms with Crippen molar-refractivity contribution < 1.29 is 9.59 Å². The number of primary amides is 1. The molecule has 2 unspecified atom stereocenters. The highest BCUT2D eigenvalue weighted by Gasteiger charge is 2.40. The van der Waals surface area contributed by atoms with Crippen LogP contribution < -0.4 is 16.8 Å². The Labute approximate surface area is 189 Å². The van der Waals surface area contributed by atoms with Crippen LogP contribution in [0.1, 0.15) is 61.3 Å². The van der Waals surface area contributed by atoms with Crippen LogP contribution in [0, 0.1) is 5.41 Å². The molecule has 32 heavy (non-hydrogen) atoms. The van der Waals surface area contributed by atoms with Crippen molar-refractivity contribution in [2.24, 2.45) is 11.5 Å². The summed E-state index contributed by atoms with van der Waals surface area (Å²) in [4.78, 5) is 27.0. The van der Waals surface area contributed by atoms with Crippen molar-refractivity contribution in [2.75, 3.05) is 6.54 Å². The molecular weight excluding hydrogens is 402 g/mol. The van der Waals surface area contributed by atoms with Gasteiger partial charge in [-0.15, -0.1) is 0 Å². The van der Waals surface area contributed by atoms with Gasteiger partial charge in [-0.2, -0.15) is 0 Å². The maximum absolute atomic E-state index is 12.9. The van der Waals surface area contributed by atoms with Gasteiger partial charge >= 0.3 is 0 Å². The Bertz CT molecular complexity index is 986. The first kappa shape index (κ1) is 23.5. The Morgan fingerprint density at radius 2 is 1.81 bits per heavy atom. The Balaban J connectivity index is 1.67. The summed E-state index contributed by atoms with van der Waals surface area (Å²) >= 11 is 0. The molecule has 1 aliphatic heterocycles. The number of nitrogens with two attached hydrogens (primary N) is 2. The molecule has 0 aliphatic carbocycles. The Kier molecular flexibility index (Phi) is 7.30. The summed E-state index contributed by atoms with van der Waals surface area (Å²) in [6.07, 6.45) is 0.612. The average Bonchev–Trinajstić information content (AvgIpc) is 3.23. The smallest absolute Gasteiger partial charge is 0.237 e. The standard InChI is InChI=1S/C25H33N5O2/c1-15(2)19-5-4-6-20(11-19)21-12-22(24(28)31)30(14-21)16(3)25(32)29-13-17-7-9-18(10-8-17)23(26)27/h4-11,15-16,21-22H,12-14H2,1-3H3,(H3,26,27)(H2,28,31)(H,29,32)/t16-,21?,22?/m0/s1. The van der Waals surface area contributed by atoms with Gasteiger partial charge in [0.2, 0.25) is 11.8 Å². The van der Waals surface area contributed by atoms with Crippen molar-refractivity contribution in [3.63, 3.8) is 0 Å². The Morgan fingerprint density at radius 3 is 2.41 bits per heavy atom. The molecule has 2 amide bonds. The van der Waals surface area contributed by atoms with E-state index in [9.17, 15) is 9.59 Å². The lowest BCUT2D eigenvalue weighted by atomic mass is 9.92. The van der Waals surface area contributed by atoms with Crippen LogP contribution in [0.5, 0.6) is 0 Å². The number of likely N-dealkylation sites (tertiary alicyclic amines) is 1. The van der Waals surface area contributed by atoms with Gasteiger partial charge in [-0.1, -0.05) is 62.4 Å². The summed E-state index contributed by atoms with van der Waals surface area (Å²) in [5.74, 6) is 0.0406. The van der Waals surface area contributed by atoms with Crippen LogP contribution in [0.15, 0.2) is 48.5 Å². The molecule has 7 nitrogen and oxygen atoms in total. The van der Waals surface area contributed by atoms with E-state index in [1.807, 2.05) is 24.0 Å². The number of nitrogen functional groups attached to an aromatic ring is 1. The topological polar surface area (TPSA) is 125 Å². The van der Waals surface area contributed by atoms with E-state index in [4.69, 9.17) is 16.9 Å². The van der Waals surface area contributed by atoms with Crippen molar-refractivity contribution in [2.45, 2.75) is 57.7 Å². The number of amides is 2. The molecular formula is C25H33N5O2. The monoisotopic (exact) mass is 435 g/mol. The van der Waals surface area contributed by atoms with E-state index in [0.717, 1.165) is 5.56 Å². The first-order valence-electron chi connectivity index (χ1n) is 11.0. The maximum atomic E-state index is 12.9. The molecule has 2 aromatic rings. The van der Waals surface area contributed by atoms with Crippen molar-refractivity contribution in [1.82, 2.24) is 10.2 Å². The summed E-state index contributed by atoms with van der Waals surface area (Å²) in [5, 5.41) is 10.4. The van der Waals surface area contributed by atoms with Crippen LogP contribution in [0.3, 0.4) is 0 Å². The van der Waals surface area contributed by atoms with Crippen molar-refractivity contribution in [3.8, 4) is 0 Å². The molecule has 170 valence electrons. The fraction of sp³-hybridized carbons (Fsp3) is 0.400. The molecule has 0 aromatic heterocycles. The van der Waals surface area contributed by atoms with Gasteiger partial charge in [-0.05, 0) is 41.9 Å². The number of carbonyl (C=O) groups is 2. The minimum atomic E-state index is -0.484. The zero-order chi connectivity index (χ0) is 23.4. The fourth-order valence-corrected chi connectivity index (χ4v) is 4.27. The van der Waals surface area contributed by atoms with Gasteiger partial charge in [0, 0.05) is 18.7 Å². The summed E-state index contributed by atoms with van der Waals surface area (Å²) in [5.41, 5.74) is 15.2. The number of rotatable bonds is 8. The molecule has 1 fully saturated rings. The third kappa shape index (κ3) is 5.34. The number of nitrogens with zero attached hydrogens (tertiary/aromatic N) is 1. The highest BCUT2D eigenvalue weighted by atomic mass is 16.2. The van der Waals surface area contributed by atoms with Crippen LogP contribution in [0.25, 0.3) is 0 Å². The maximum Gasteiger partial charge on any atom is 0.237 e. The molecule has 3 atom stereocenters. The zero-order valence-corrected chi connectivity index (χ0v) is 19.0. The predicted octanol–water partition coefficient (Wildman–Crippen LogP) is 2.44. The molecule has 1 heterocycles. The van der Waals surface area contributed by atoms with E-state index in [1.54, 1.807) is 12.1 Å². The molecule has 0 saturated carbocycles. The normalized spacial score (nSPS) is 19.6. The van der Waals surface area contributed by atoms with Gasteiger partial charge in [0.25, 0.3) is 0 Å². The molecule has 7 heteroatoms. The van der Waals surface area contributed by atoms with E-state index >= 15 is 0 Å². The molecule has 3 rings (SSSR count). The minimum Gasteiger partial charge on any atom is -0.384 e. The lowest BCUT2D eigenvalue weighted by molar-refractivity contribution is -0.129. The molecule has 0 bridgehead atoms. The van der Waals surface area contributed by atoms with Gasteiger partial charge in [-0.25, -0.2) is 0 Å². The van der Waals surface area contributed by atoms with Crippen molar-refractivity contribution >= 4 is 17.6 Å². The van der Waals surface area contributed by atoms with Crippen molar-refractivity contribution in [1.29, 1.82) is 5.41 Å². The molecule has 6 N–H and O–H groups in total. The highest BCUT2D eigenvalue weighted by Crippen LogP contribution is 2.34. The molecule has 0 spiro atoms. The van der Waals surface area contributed by atoms with Crippen LogP contribution >= 0.6 is 0 Å². The van der Waals surface area contributed by atoms with Gasteiger partial charge < -0.3 is 16.8 Å². The summed E-state index contributed by atoms with van der Waals surface area (Å²) in [6.45, 7) is 7.10. The van der Waals surface area contributed by atoms with Crippen LogP contribution in [0.2, 0.25) is 0 Å². The van der Waals surface area contributed by atoms with E-state index in [-0.39, 0.29) is 17.7 Å². The summed E-state index contributed by atoms with van der Waals surface area (Å²) in [7, 11) is 0. The van der Waals surface area contributed by atoms with Crippen molar-refractivity contribution in [3.05, 3.63) is 70.8 Å². The fourth-order valence-electron chi connectivity index (χ4n) is 4.27. The van der Waals surface area contributed by atoms with Crippen LogP contribution in [-0.4, -0.2) is 41.2 Å². The first-order chi connectivity index (χ1) is 15.2. The predicted molar refractivity (Wildman–Crippen MR) is 126 cm³/mol. The second-order valence-electron chi connectivity index (χ2n) is 8.88. The van der Waals surface area contributed by atoms with E-state index < -0.39 is 18.0 Å². The number of benzene rings is 2. The highest BCUT2D eigenvalue weighted by molar-refractivity contribution is 5.94. The number of hydrogen-bond acceptors (Lipinski definition) is 4. The molecule has 1 aliphatic rings. The SMILES string of the molecule is CC(C)c1cccc(C2CC(C(N)=O)N([C@@H](C)C(=O)NCc3ccc(C(=N)N)cc3)C2)c1. The van der Waals surface area contributed by atoms with Gasteiger partial charge in [0.1, 0.15) is 5.84 Å². The zero-order valence-electron chi connectivity index (χ0n) is 19.0. The lowest BCUT2D eigenvalue weighted by Crippen LogP contribution is -2.51. The number of carbonyl (C=O) groups excluding carboxylic acids is 2. The molecule has 2 aromatic carbocycles. The third-order valence-electron chi connectivity index (χ3n) is 6.33.